The van der Waals surface area contributed by atoms with E-state index in [9.17, 15) is 0 Å². The van der Waals surface area contributed by atoms with Crippen molar-refractivity contribution in [1.82, 2.24) is 4.90 Å². The Bertz CT molecular complexity index is 674. The Morgan fingerprint density at radius 2 is 1.96 bits per heavy atom. The first-order valence-electron chi connectivity index (χ1n) is 10.5. The number of hydrogen-bond acceptors (Lipinski definition) is 5. The summed E-state index contributed by atoms with van der Waals surface area (Å²) in [4.78, 5) is 8.53. The van der Waals surface area contributed by atoms with Crippen molar-refractivity contribution in [3.05, 3.63) is 23.8 Å². The van der Waals surface area contributed by atoms with E-state index in [0.717, 1.165) is 68.0 Å². The van der Waals surface area contributed by atoms with E-state index in [-0.39, 0.29) is 5.60 Å². The molecule has 0 aromatic heterocycles. The van der Waals surface area contributed by atoms with Gasteiger partial charge in [0.05, 0.1) is 18.9 Å². The second-order valence-corrected chi connectivity index (χ2v) is 8.22. The minimum absolute atomic E-state index is 0.105. The van der Waals surface area contributed by atoms with Crippen LogP contribution in [0.15, 0.2) is 23.4 Å². The van der Waals surface area contributed by atoms with Gasteiger partial charge in [-0.15, -0.1) is 0 Å². The highest BCUT2D eigenvalue weighted by Gasteiger charge is 2.42. The van der Waals surface area contributed by atoms with Gasteiger partial charge in [-0.3, -0.25) is 0 Å². The third-order valence-corrected chi connectivity index (χ3v) is 6.24. The van der Waals surface area contributed by atoms with Gasteiger partial charge in [-0.25, -0.2) is 0 Å². The Morgan fingerprint density at radius 1 is 1.19 bits per heavy atom. The number of benzene rings is 1. The highest BCUT2D eigenvalue weighted by atomic mass is 16.7. The van der Waals surface area contributed by atoms with Gasteiger partial charge in [0.1, 0.15) is 5.60 Å². The van der Waals surface area contributed by atoms with Crippen molar-refractivity contribution < 1.29 is 14.3 Å². The third-order valence-electron chi connectivity index (χ3n) is 6.24. The van der Waals surface area contributed by atoms with Crippen LogP contribution in [0.5, 0.6) is 11.5 Å². The van der Waals surface area contributed by atoms with E-state index >= 15 is 0 Å². The van der Waals surface area contributed by atoms with Crippen LogP contribution in [-0.2, 0) is 4.84 Å². The highest BCUT2D eigenvalue weighted by Crippen LogP contribution is 2.38. The molecular weight excluding hydrogens is 340 g/mol. The van der Waals surface area contributed by atoms with Crippen LogP contribution in [0.25, 0.3) is 0 Å². The zero-order valence-electron chi connectivity index (χ0n) is 16.7. The van der Waals surface area contributed by atoms with E-state index in [1.807, 2.05) is 6.07 Å². The second-order valence-electron chi connectivity index (χ2n) is 8.22. The molecule has 0 unspecified atom stereocenters. The molecule has 0 bridgehead atoms. The molecule has 1 saturated carbocycles. The maximum atomic E-state index is 6.25. The average molecular weight is 373 g/mol. The first kappa shape index (κ1) is 18.6. The number of nitrogens with zero attached hydrogens (tertiary/aromatic N) is 2. The zero-order chi connectivity index (χ0) is 18.7. The summed E-state index contributed by atoms with van der Waals surface area (Å²) in [5.74, 6) is 1.64. The lowest BCUT2D eigenvalue weighted by Crippen LogP contribution is -2.44. The molecule has 5 nitrogen and oxygen atoms in total. The van der Waals surface area contributed by atoms with Crippen LogP contribution in [0.4, 0.5) is 0 Å². The maximum Gasteiger partial charge on any atom is 0.162 e. The Morgan fingerprint density at radius 3 is 2.67 bits per heavy atom. The monoisotopic (exact) mass is 372 g/mol. The maximum absolute atomic E-state index is 6.25. The second kappa shape index (κ2) is 8.09. The van der Waals surface area contributed by atoms with Crippen LogP contribution in [0.3, 0.4) is 0 Å². The molecule has 3 aliphatic rings. The molecule has 1 aromatic carbocycles. The van der Waals surface area contributed by atoms with Gasteiger partial charge in [0.25, 0.3) is 0 Å². The van der Waals surface area contributed by atoms with Crippen LogP contribution in [0.1, 0.15) is 63.9 Å². The average Bonchev–Trinajstić information content (AvgIpc) is 3.35. The fourth-order valence-corrected chi connectivity index (χ4v) is 4.58. The molecular formula is C22H32N2O3. The summed E-state index contributed by atoms with van der Waals surface area (Å²) in [5.41, 5.74) is 2.03. The van der Waals surface area contributed by atoms with Crippen molar-refractivity contribution in [2.75, 3.05) is 26.7 Å². The molecule has 2 heterocycles. The molecule has 0 N–H and O–H groups in total. The van der Waals surface area contributed by atoms with Crippen LogP contribution >= 0.6 is 0 Å². The van der Waals surface area contributed by atoms with E-state index in [4.69, 9.17) is 14.3 Å². The van der Waals surface area contributed by atoms with Crippen molar-refractivity contribution in [1.29, 1.82) is 0 Å². The van der Waals surface area contributed by atoms with E-state index in [0.29, 0.717) is 6.10 Å². The first-order chi connectivity index (χ1) is 13.2. The highest BCUT2D eigenvalue weighted by molar-refractivity contribution is 6.02. The van der Waals surface area contributed by atoms with Gasteiger partial charge >= 0.3 is 0 Å². The Labute approximate surface area is 162 Å². The fraction of sp³-hybridized carbons (Fsp3) is 0.682. The number of piperidine rings is 1. The number of hydrogen-bond donors (Lipinski definition) is 0. The van der Waals surface area contributed by atoms with Crippen molar-refractivity contribution in [3.63, 3.8) is 0 Å². The molecule has 1 aromatic rings. The van der Waals surface area contributed by atoms with Gasteiger partial charge in [-0.05, 0) is 56.8 Å². The predicted molar refractivity (Wildman–Crippen MR) is 107 cm³/mol. The number of likely N-dealkylation sites (tertiary alicyclic amines) is 1. The minimum Gasteiger partial charge on any atom is -0.493 e. The lowest BCUT2D eigenvalue weighted by molar-refractivity contribution is -0.0613. The predicted octanol–water partition coefficient (Wildman–Crippen LogP) is 4.39. The molecule has 0 amide bonds. The minimum atomic E-state index is -0.105. The molecule has 5 heteroatoms. The van der Waals surface area contributed by atoms with Gasteiger partial charge in [-0.2, -0.15) is 0 Å². The molecule has 0 radical (unpaired) electrons. The van der Waals surface area contributed by atoms with Gasteiger partial charge in [0.15, 0.2) is 11.5 Å². The van der Waals surface area contributed by atoms with Gasteiger partial charge in [-0.1, -0.05) is 12.1 Å². The molecule has 4 rings (SSSR count). The summed E-state index contributed by atoms with van der Waals surface area (Å²) in [6, 6.07) is 6.16. The zero-order valence-corrected chi connectivity index (χ0v) is 16.7. The summed E-state index contributed by atoms with van der Waals surface area (Å²) in [5, 5.41) is 4.48. The lowest BCUT2D eigenvalue weighted by Gasteiger charge is -2.37. The molecule has 1 aliphatic carbocycles. The summed E-state index contributed by atoms with van der Waals surface area (Å²) in [6.07, 6.45) is 9.31. The lowest BCUT2D eigenvalue weighted by atomic mass is 9.85. The third kappa shape index (κ3) is 4.08. The number of oxime groups is 1. The van der Waals surface area contributed by atoms with E-state index in [1.54, 1.807) is 7.11 Å². The number of rotatable bonds is 6. The van der Waals surface area contributed by atoms with Crippen LogP contribution < -0.4 is 9.47 Å². The van der Waals surface area contributed by atoms with E-state index in [2.05, 4.69) is 29.1 Å². The first-order valence-corrected chi connectivity index (χ1v) is 10.5. The standard InChI is InChI=1S/C22H32N2O3/c1-3-12-24-13-10-22(11-14-24)16-19(23-27-22)17-8-9-20(25-2)21(15-17)26-18-6-4-5-7-18/h8-9,15,18H,3-7,10-14,16H2,1-2H3. The Balaban J connectivity index is 1.44. The van der Waals surface area contributed by atoms with Gasteiger partial charge < -0.3 is 19.2 Å². The van der Waals surface area contributed by atoms with Crippen molar-refractivity contribution in [2.24, 2.45) is 5.16 Å². The smallest absolute Gasteiger partial charge is 0.162 e. The number of methoxy groups -OCH3 is 1. The van der Waals surface area contributed by atoms with E-state index < -0.39 is 0 Å². The largest absolute Gasteiger partial charge is 0.493 e. The Kier molecular flexibility index (Phi) is 5.58. The Hall–Kier alpha value is -1.75. The summed E-state index contributed by atoms with van der Waals surface area (Å²) < 4.78 is 11.8. The molecule has 0 atom stereocenters. The molecule has 1 saturated heterocycles. The molecule has 1 spiro atoms. The van der Waals surface area contributed by atoms with Crippen LogP contribution in [0.2, 0.25) is 0 Å². The molecule has 27 heavy (non-hydrogen) atoms. The summed E-state index contributed by atoms with van der Waals surface area (Å²) >= 11 is 0. The quantitative estimate of drug-likeness (QED) is 0.743. The summed E-state index contributed by atoms with van der Waals surface area (Å²) in [6.45, 7) is 5.64. The molecule has 148 valence electrons. The number of ether oxygens (including phenoxy) is 2. The topological polar surface area (TPSA) is 43.3 Å². The SMILES string of the molecule is CCCN1CCC2(CC1)CC(c1ccc(OC)c(OC3CCCC3)c1)=NO2. The van der Waals surface area contributed by atoms with Gasteiger partial charge in [0.2, 0.25) is 0 Å². The fourth-order valence-electron chi connectivity index (χ4n) is 4.58. The van der Waals surface area contributed by atoms with E-state index in [1.165, 1.54) is 25.8 Å². The van der Waals surface area contributed by atoms with Crippen LogP contribution in [0, 0.1) is 0 Å². The van der Waals surface area contributed by atoms with Gasteiger partial charge in [0, 0.05) is 37.9 Å². The normalized spacial score (nSPS) is 22.7. The van der Waals surface area contributed by atoms with Crippen molar-refractivity contribution in [3.8, 4) is 11.5 Å². The van der Waals surface area contributed by atoms with Crippen molar-refractivity contribution in [2.45, 2.75) is 70.0 Å². The molecule has 2 aliphatic heterocycles. The summed E-state index contributed by atoms with van der Waals surface area (Å²) in [7, 11) is 1.70. The van der Waals surface area contributed by atoms with Crippen molar-refractivity contribution >= 4 is 5.71 Å². The van der Waals surface area contributed by atoms with Crippen LogP contribution in [-0.4, -0.2) is 49.1 Å². The molecule has 2 fully saturated rings.